The summed E-state index contributed by atoms with van der Waals surface area (Å²) in [5.41, 5.74) is 0. The highest BCUT2D eigenvalue weighted by Crippen LogP contribution is 2.06. The van der Waals surface area contributed by atoms with Crippen LogP contribution >= 0.6 is 0 Å². The van der Waals surface area contributed by atoms with Crippen molar-refractivity contribution in [3.8, 4) is 0 Å². The number of aliphatic hydroxyl groups excluding tert-OH is 1. The fourth-order valence-corrected chi connectivity index (χ4v) is 1.31. The van der Waals surface area contributed by atoms with Gasteiger partial charge in [0.2, 0.25) is 0 Å². The quantitative estimate of drug-likeness (QED) is 0.674. The number of hydrogen-bond acceptors (Lipinski definition) is 3. The Morgan fingerprint density at radius 2 is 2.31 bits per heavy atom. The van der Waals surface area contributed by atoms with Gasteiger partial charge >= 0.3 is 0 Å². The Balaban J connectivity index is 2.21. The van der Waals surface area contributed by atoms with E-state index in [2.05, 4.69) is 29.1 Å². The summed E-state index contributed by atoms with van der Waals surface area (Å²) in [6, 6.07) is 0. The normalized spacial score (nSPS) is 12.8. The maximum Gasteiger partial charge on any atom is 0.287 e. The molecule has 0 radical (unpaired) electrons. The molecule has 0 spiro atoms. The van der Waals surface area contributed by atoms with Crippen molar-refractivity contribution in [3.63, 3.8) is 0 Å². The lowest BCUT2D eigenvalue weighted by molar-refractivity contribution is 0.0897. The van der Waals surface area contributed by atoms with E-state index in [1.807, 2.05) is 0 Å². The molecule has 0 aliphatic rings. The molecule has 0 aliphatic carbocycles. The number of rotatable bonds is 6. The van der Waals surface area contributed by atoms with Crippen LogP contribution in [0, 0.1) is 5.92 Å². The summed E-state index contributed by atoms with van der Waals surface area (Å²) in [6.07, 6.45) is 4.28. The second-order valence-electron chi connectivity index (χ2n) is 4.27. The molecule has 1 unspecified atom stereocenters. The zero-order valence-electron chi connectivity index (χ0n) is 9.73. The Bertz CT molecular complexity index is 309. The summed E-state index contributed by atoms with van der Waals surface area (Å²) in [6.45, 7) is 4.48. The Morgan fingerprint density at radius 1 is 1.56 bits per heavy atom. The Hall–Kier alpha value is -1.36. The summed E-state index contributed by atoms with van der Waals surface area (Å²) < 4.78 is 0. The summed E-state index contributed by atoms with van der Waals surface area (Å²) in [5, 5.41) is 12.2. The van der Waals surface area contributed by atoms with Gasteiger partial charge in [0.05, 0.1) is 6.10 Å². The standard InChI is InChI=1S/C11H19N3O2/c1-8(2)3-4-9(15)7-14-11(16)10-12-5-6-13-10/h5-6,8-9,15H,3-4,7H2,1-2H3,(H,12,13)(H,14,16). The number of aliphatic hydroxyl groups is 1. The minimum Gasteiger partial charge on any atom is -0.391 e. The molecular formula is C11H19N3O2. The van der Waals surface area contributed by atoms with Gasteiger partial charge in [-0.15, -0.1) is 0 Å². The molecule has 0 fully saturated rings. The van der Waals surface area contributed by atoms with E-state index in [0.717, 1.165) is 6.42 Å². The topological polar surface area (TPSA) is 78.0 Å². The first-order chi connectivity index (χ1) is 7.59. The van der Waals surface area contributed by atoms with Crippen LogP contribution in [0.3, 0.4) is 0 Å². The van der Waals surface area contributed by atoms with Gasteiger partial charge in [0.15, 0.2) is 5.82 Å². The van der Waals surface area contributed by atoms with Crippen LogP contribution in [0.4, 0.5) is 0 Å². The molecule has 1 aromatic rings. The molecule has 0 saturated heterocycles. The average Bonchev–Trinajstić information content (AvgIpc) is 2.76. The van der Waals surface area contributed by atoms with Crippen LogP contribution in [-0.4, -0.2) is 33.6 Å². The monoisotopic (exact) mass is 225 g/mol. The van der Waals surface area contributed by atoms with Crippen LogP contribution in [-0.2, 0) is 0 Å². The van der Waals surface area contributed by atoms with Gasteiger partial charge in [0.1, 0.15) is 0 Å². The maximum absolute atomic E-state index is 11.4. The molecule has 0 aromatic carbocycles. The molecular weight excluding hydrogens is 206 g/mol. The molecule has 1 heterocycles. The van der Waals surface area contributed by atoms with Crippen LogP contribution < -0.4 is 5.32 Å². The van der Waals surface area contributed by atoms with Gasteiger partial charge in [-0.25, -0.2) is 4.98 Å². The summed E-state index contributed by atoms with van der Waals surface area (Å²) in [7, 11) is 0. The molecule has 0 bridgehead atoms. The van der Waals surface area contributed by atoms with Gasteiger partial charge in [-0.1, -0.05) is 13.8 Å². The maximum atomic E-state index is 11.4. The summed E-state index contributed by atoms with van der Waals surface area (Å²) in [5.74, 6) is 0.556. The van der Waals surface area contributed by atoms with Crippen LogP contribution in [0.5, 0.6) is 0 Å². The highest BCUT2D eigenvalue weighted by molar-refractivity contribution is 5.90. The number of aromatic nitrogens is 2. The van der Waals surface area contributed by atoms with E-state index in [0.29, 0.717) is 12.3 Å². The van der Waals surface area contributed by atoms with Crippen LogP contribution in [0.1, 0.15) is 37.3 Å². The molecule has 0 aliphatic heterocycles. The van der Waals surface area contributed by atoms with Crippen molar-refractivity contribution in [2.45, 2.75) is 32.8 Å². The Morgan fingerprint density at radius 3 is 2.88 bits per heavy atom. The van der Waals surface area contributed by atoms with Crippen molar-refractivity contribution >= 4 is 5.91 Å². The number of aromatic amines is 1. The minimum atomic E-state index is -0.485. The van der Waals surface area contributed by atoms with Crippen molar-refractivity contribution < 1.29 is 9.90 Å². The third-order valence-corrected chi connectivity index (χ3v) is 2.29. The fraction of sp³-hybridized carbons (Fsp3) is 0.636. The van der Waals surface area contributed by atoms with Gasteiger partial charge in [-0.2, -0.15) is 0 Å². The number of imidazole rings is 1. The van der Waals surface area contributed by atoms with Crippen molar-refractivity contribution in [1.29, 1.82) is 0 Å². The molecule has 1 atom stereocenters. The first-order valence-electron chi connectivity index (χ1n) is 5.55. The highest BCUT2D eigenvalue weighted by atomic mass is 16.3. The van der Waals surface area contributed by atoms with Gasteiger partial charge < -0.3 is 15.4 Å². The van der Waals surface area contributed by atoms with E-state index < -0.39 is 6.10 Å². The number of amides is 1. The first-order valence-corrected chi connectivity index (χ1v) is 5.55. The van der Waals surface area contributed by atoms with Gasteiger partial charge in [0, 0.05) is 18.9 Å². The predicted molar refractivity (Wildman–Crippen MR) is 61.0 cm³/mol. The van der Waals surface area contributed by atoms with Gasteiger partial charge in [-0.3, -0.25) is 4.79 Å². The Labute approximate surface area is 95.3 Å². The predicted octanol–water partition coefficient (Wildman–Crippen LogP) is 0.937. The smallest absolute Gasteiger partial charge is 0.287 e. The van der Waals surface area contributed by atoms with Crippen molar-refractivity contribution in [2.75, 3.05) is 6.54 Å². The lowest BCUT2D eigenvalue weighted by Gasteiger charge is -2.12. The fourth-order valence-electron chi connectivity index (χ4n) is 1.31. The average molecular weight is 225 g/mol. The van der Waals surface area contributed by atoms with Crippen LogP contribution in [0.2, 0.25) is 0 Å². The number of nitrogens with one attached hydrogen (secondary N) is 2. The van der Waals surface area contributed by atoms with E-state index in [1.165, 1.54) is 6.20 Å². The van der Waals surface area contributed by atoms with E-state index >= 15 is 0 Å². The molecule has 1 aromatic heterocycles. The number of carbonyl (C=O) groups is 1. The largest absolute Gasteiger partial charge is 0.391 e. The second-order valence-corrected chi connectivity index (χ2v) is 4.27. The van der Waals surface area contributed by atoms with Gasteiger partial charge in [0.25, 0.3) is 5.91 Å². The van der Waals surface area contributed by atoms with E-state index in [9.17, 15) is 9.90 Å². The molecule has 3 N–H and O–H groups in total. The molecule has 5 nitrogen and oxygen atoms in total. The molecule has 1 amide bonds. The van der Waals surface area contributed by atoms with E-state index in [-0.39, 0.29) is 18.3 Å². The first kappa shape index (κ1) is 12.7. The molecule has 5 heteroatoms. The number of carbonyl (C=O) groups excluding carboxylic acids is 1. The number of nitrogens with zero attached hydrogens (tertiary/aromatic N) is 1. The van der Waals surface area contributed by atoms with Gasteiger partial charge in [-0.05, 0) is 18.8 Å². The van der Waals surface area contributed by atoms with Crippen molar-refractivity contribution in [2.24, 2.45) is 5.92 Å². The molecule has 1 rings (SSSR count). The minimum absolute atomic E-state index is 0.270. The summed E-state index contributed by atoms with van der Waals surface area (Å²) in [4.78, 5) is 18.0. The number of H-pyrrole nitrogens is 1. The zero-order chi connectivity index (χ0) is 12.0. The molecule has 90 valence electrons. The summed E-state index contributed by atoms with van der Waals surface area (Å²) >= 11 is 0. The third-order valence-electron chi connectivity index (χ3n) is 2.29. The molecule has 16 heavy (non-hydrogen) atoms. The second kappa shape index (κ2) is 6.27. The number of hydrogen-bond donors (Lipinski definition) is 3. The van der Waals surface area contributed by atoms with E-state index in [4.69, 9.17) is 0 Å². The Kier molecular flexibility index (Phi) is 4.98. The highest BCUT2D eigenvalue weighted by Gasteiger charge is 2.10. The SMILES string of the molecule is CC(C)CCC(O)CNC(=O)c1ncc[nH]1. The lowest BCUT2D eigenvalue weighted by atomic mass is 10.1. The van der Waals surface area contributed by atoms with E-state index in [1.54, 1.807) is 6.20 Å². The zero-order valence-corrected chi connectivity index (χ0v) is 9.73. The molecule has 0 saturated carbocycles. The van der Waals surface area contributed by atoms with Crippen molar-refractivity contribution in [1.82, 2.24) is 15.3 Å². The van der Waals surface area contributed by atoms with Crippen molar-refractivity contribution in [3.05, 3.63) is 18.2 Å². The van der Waals surface area contributed by atoms with Crippen LogP contribution in [0.15, 0.2) is 12.4 Å². The van der Waals surface area contributed by atoms with Crippen LogP contribution in [0.25, 0.3) is 0 Å². The third kappa shape index (κ3) is 4.44. The lowest BCUT2D eigenvalue weighted by Crippen LogP contribution is -2.32.